The van der Waals surface area contributed by atoms with E-state index in [1.54, 1.807) is 0 Å². The first-order valence-electron chi connectivity index (χ1n) is 10.2. The van der Waals surface area contributed by atoms with Gasteiger partial charge in [-0.05, 0) is 12.3 Å². The average Bonchev–Trinajstić information content (AvgIpc) is 2.56. The number of hydrogen-bond donors (Lipinski definition) is 1. The van der Waals surface area contributed by atoms with Gasteiger partial charge in [0.2, 0.25) is 0 Å². The summed E-state index contributed by atoms with van der Waals surface area (Å²) in [6.07, 6.45) is 18.8. The zero-order chi connectivity index (χ0) is 15.9. The summed E-state index contributed by atoms with van der Waals surface area (Å²) >= 11 is 0. The van der Waals surface area contributed by atoms with Gasteiger partial charge in [0.1, 0.15) is 0 Å². The molecule has 1 aliphatic rings. The van der Waals surface area contributed by atoms with Gasteiger partial charge in [-0.1, -0.05) is 90.9 Å². The van der Waals surface area contributed by atoms with E-state index in [4.69, 9.17) is 4.74 Å². The van der Waals surface area contributed by atoms with Gasteiger partial charge in [0.25, 0.3) is 0 Å². The van der Waals surface area contributed by atoms with Gasteiger partial charge in [0, 0.05) is 13.1 Å². The standard InChI is InChI=1S/C20H41NO/c1-3-5-7-9-12-19(13-10-8-6-4-2)14-11-15-20-18-21-16-17-22-20/h19-21H,3-18H2,1-2H3. The predicted octanol–water partition coefficient (Wildman–Crippen LogP) is 5.70. The van der Waals surface area contributed by atoms with Gasteiger partial charge in [0.15, 0.2) is 0 Å². The van der Waals surface area contributed by atoms with Crippen LogP contribution < -0.4 is 5.32 Å². The number of unbranched alkanes of at least 4 members (excludes halogenated alkanes) is 6. The van der Waals surface area contributed by atoms with Crippen LogP contribution in [0.5, 0.6) is 0 Å². The van der Waals surface area contributed by atoms with Crippen LogP contribution in [0.25, 0.3) is 0 Å². The molecule has 1 aliphatic heterocycles. The summed E-state index contributed by atoms with van der Waals surface area (Å²) in [5.41, 5.74) is 0. The minimum atomic E-state index is 0.481. The third kappa shape index (κ3) is 10.6. The molecule has 1 heterocycles. The molecule has 0 bridgehead atoms. The normalized spacial score (nSPS) is 19.0. The molecule has 0 spiro atoms. The maximum atomic E-state index is 5.82. The van der Waals surface area contributed by atoms with E-state index >= 15 is 0 Å². The lowest BCUT2D eigenvalue weighted by Crippen LogP contribution is -2.38. The van der Waals surface area contributed by atoms with Gasteiger partial charge < -0.3 is 10.1 Å². The minimum Gasteiger partial charge on any atom is -0.376 e. The molecule has 1 atom stereocenters. The Morgan fingerprint density at radius 2 is 1.50 bits per heavy atom. The van der Waals surface area contributed by atoms with Crippen LogP contribution in [-0.2, 0) is 4.74 Å². The highest BCUT2D eigenvalue weighted by atomic mass is 16.5. The third-order valence-corrected chi connectivity index (χ3v) is 5.07. The monoisotopic (exact) mass is 311 g/mol. The lowest BCUT2D eigenvalue weighted by molar-refractivity contribution is 0.0213. The van der Waals surface area contributed by atoms with E-state index in [0.717, 1.165) is 25.6 Å². The van der Waals surface area contributed by atoms with Crippen LogP contribution >= 0.6 is 0 Å². The van der Waals surface area contributed by atoms with Crippen LogP contribution in [0.4, 0.5) is 0 Å². The van der Waals surface area contributed by atoms with Crippen LogP contribution in [0.1, 0.15) is 97.3 Å². The fraction of sp³-hybridized carbons (Fsp3) is 1.00. The molecule has 0 aromatic heterocycles. The molecule has 1 N–H and O–H groups in total. The Kier molecular flexibility index (Phi) is 13.2. The van der Waals surface area contributed by atoms with Crippen molar-refractivity contribution in [2.24, 2.45) is 5.92 Å². The number of hydrogen-bond acceptors (Lipinski definition) is 2. The Bertz CT molecular complexity index is 214. The average molecular weight is 312 g/mol. The molecule has 0 aromatic rings. The molecule has 0 saturated carbocycles. The molecule has 2 nitrogen and oxygen atoms in total. The van der Waals surface area contributed by atoms with Gasteiger partial charge in [-0.3, -0.25) is 0 Å². The first-order valence-corrected chi connectivity index (χ1v) is 10.2. The largest absolute Gasteiger partial charge is 0.376 e. The Balaban J connectivity index is 2.13. The molecule has 22 heavy (non-hydrogen) atoms. The van der Waals surface area contributed by atoms with Crippen LogP contribution in [0.15, 0.2) is 0 Å². The molecule has 1 fully saturated rings. The molecule has 0 amide bonds. The molecule has 2 heteroatoms. The topological polar surface area (TPSA) is 21.3 Å². The zero-order valence-electron chi connectivity index (χ0n) is 15.4. The van der Waals surface area contributed by atoms with E-state index in [1.165, 1.54) is 83.5 Å². The van der Waals surface area contributed by atoms with E-state index in [2.05, 4.69) is 19.2 Å². The maximum absolute atomic E-state index is 5.82. The van der Waals surface area contributed by atoms with E-state index in [9.17, 15) is 0 Å². The summed E-state index contributed by atoms with van der Waals surface area (Å²) in [4.78, 5) is 0. The summed E-state index contributed by atoms with van der Waals surface area (Å²) in [7, 11) is 0. The van der Waals surface area contributed by atoms with Crippen molar-refractivity contribution in [2.75, 3.05) is 19.7 Å². The zero-order valence-corrected chi connectivity index (χ0v) is 15.4. The Labute approximate surface area is 139 Å². The Morgan fingerprint density at radius 1 is 0.864 bits per heavy atom. The summed E-state index contributed by atoms with van der Waals surface area (Å²) in [5.74, 6) is 0.977. The molecular weight excluding hydrogens is 270 g/mol. The number of nitrogens with one attached hydrogen (secondary N) is 1. The first-order chi connectivity index (χ1) is 10.9. The summed E-state index contributed by atoms with van der Waals surface area (Å²) < 4.78 is 5.82. The fourth-order valence-electron chi connectivity index (χ4n) is 3.59. The predicted molar refractivity (Wildman–Crippen MR) is 97.5 cm³/mol. The molecular formula is C20H41NO. The van der Waals surface area contributed by atoms with Crippen LogP contribution in [0.2, 0.25) is 0 Å². The lowest BCUT2D eigenvalue weighted by Gasteiger charge is -2.24. The molecule has 0 aromatic carbocycles. The Hall–Kier alpha value is -0.0800. The lowest BCUT2D eigenvalue weighted by atomic mass is 9.89. The highest BCUT2D eigenvalue weighted by Gasteiger charge is 2.14. The van der Waals surface area contributed by atoms with Crippen molar-refractivity contribution in [3.8, 4) is 0 Å². The molecule has 1 saturated heterocycles. The van der Waals surface area contributed by atoms with Crippen molar-refractivity contribution in [3.05, 3.63) is 0 Å². The van der Waals surface area contributed by atoms with Crippen molar-refractivity contribution in [1.82, 2.24) is 5.32 Å². The summed E-state index contributed by atoms with van der Waals surface area (Å²) in [6, 6.07) is 0. The van der Waals surface area contributed by atoms with Crippen molar-refractivity contribution in [2.45, 2.75) is 103 Å². The van der Waals surface area contributed by atoms with Crippen LogP contribution in [-0.4, -0.2) is 25.8 Å². The van der Waals surface area contributed by atoms with Crippen LogP contribution in [0.3, 0.4) is 0 Å². The van der Waals surface area contributed by atoms with E-state index in [0.29, 0.717) is 6.10 Å². The maximum Gasteiger partial charge on any atom is 0.0700 e. The molecule has 1 unspecified atom stereocenters. The van der Waals surface area contributed by atoms with Gasteiger partial charge in [-0.15, -0.1) is 0 Å². The fourth-order valence-corrected chi connectivity index (χ4v) is 3.59. The van der Waals surface area contributed by atoms with Gasteiger partial charge >= 0.3 is 0 Å². The van der Waals surface area contributed by atoms with Crippen molar-refractivity contribution >= 4 is 0 Å². The van der Waals surface area contributed by atoms with Crippen molar-refractivity contribution in [3.63, 3.8) is 0 Å². The number of ether oxygens (including phenoxy) is 1. The minimum absolute atomic E-state index is 0.481. The third-order valence-electron chi connectivity index (χ3n) is 5.07. The SMILES string of the molecule is CCCCCCC(CCCCCC)CCCC1CNCCO1. The molecule has 132 valence electrons. The number of morpholine rings is 1. The highest BCUT2D eigenvalue weighted by Crippen LogP contribution is 2.24. The van der Waals surface area contributed by atoms with Gasteiger partial charge in [-0.2, -0.15) is 0 Å². The Morgan fingerprint density at radius 3 is 2.05 bits per heavy atom. The first kappa shape index (κ1) is 20.0. The number of rotatable bonds is 14. The van der Waals surface area contributed by atoms with E-state index < -0.39 is 0 Å². The second kappa shape index (κ2) is 14.5. The van der Waals surface area contributed by atoms with Gasteiger partial charge in [-0.25, -0.2) is 0 Å². The van der Waals surface area contributed by atoms with Crippen molar-refractivity contribution < 1.29 is 4.74 Å². The quantitative estimate of drug-likeness (QED) is 0.415. The van der Waals surface area contributed by atoms with E-state index in [-0.39, 0.29) is 0 Å². The molecule has 0 aliphatic carbocycles. The second-order valence-electron chi connectivity index (χ2n) is 7.19. The van der Waals surface area contributed by atoms with Crippen molar-refractivity contribution in [1.29, 1.82) is 0 Å². The summed E-state index contributed by atoms with van der Waals surface area (Å²) in [6.45, 7) is 7.62. The molecule has 1 rings (SSSR count). The molecule has 0 radical (unpaired) electrons. The van der Waals surface area contributed by atoms with Gasteiger partial charge in [0.05, 0.1) is 12.7 Å². The smallest absolute Gasteiger partial charge is 0.0700 e. The van der Waals surface area contributed by atoms with Crippen LogP contribution in [0, 0.1) is 5.92 Å². The summed E-state index contributed by atoms with van der Waals surface area (Å²) in [5, 5.41) is 3.44. The second-order valence-corrected chi connectivity index (χ2v) is 7.19. The van der Waals surface area contributed by atoms with E-state index in [1.807, 2.05) is 0 Å². The highest BCUT2D eigenvalue weighted by molar-refractivity contribution is 4.69.